The number of nitrogens with zero attached hydrogens (tertiary/aromatic N) is 1. The highest BCUT2D eigenvalue weighted by Crippen LogP contribution is 2.36. The molecule has 2 aromatic carbocycles. The van der Waals surface area contributed by atoms with Crippen molar-refractivity contribution < 1.29 is 17.9 Å². The fourth-order valence-electron chi connectivity index (χ4n) is 4.13. The quantitative estimate of drug-likeness (QED) is 0.393. The molecular weight excluding hydrogens is 476 g/mol. The molecule has 0 unspecified atom stereocenters. The van der Waals surface area contributed by atoms with Crippen molar-refractivity contribution in [3.05, 3.63) is 77.6 Å². The Labute approximate surface area is 201 Å². The number of hydrogen-bond donors (Lipinski definition) is 1. The van der Waals surface area contributed by atoms with E-state index in [2.05, 4.69) is 4.39 Å². The molecule has 3 aromatic rings. The molecule has 0 aliphatic heterocycles. The number of esters is 1. The predicted octanol–water partition coefficient (Wildman–Crippen LogP) is 3.69. The van der Waals surface area contributed by atoms with Crippen molar-refractivity contribution >= 4 is 46.2 Å². The van der Waals surface area contributed by atoms with E-state index >= 15 is 0 Å². The van der Waals surface area contributed by atoms with E-state index in [1.807, 2.05) is 81.4 Å². The minimum atomic E-state index is -4.13. The lowest BCUT2D eigenvalue weighted by molar-refractivity contribution is 0.0515. The van der Waals surface area contributed by atoms with Gasteiger partial charge in [-0.25, -0.2) is 17.6 Å². The number of ether oxygens (including phenoxy) is 1. The lowest BCUT2D eigenvalue weighted by Crippen LogP contribution is -2.74. The first-order valence-corrected chi connectivity index (χ1v) is 14.5. The smallest absolute Gasteiger partial charge is 0.356 e. The first-order valence-electron chi connectivity index (χ1n) is 10.6. The van der Waals surface area contributed by atoms with Crippen LogP contribution in [0.1, 0.15) is 38.2 Å². The molecule has 1 heterocycles. The van der Waals surface area contributed by atoms with E-state index in [4.69, 9.17) is 16.3 Å². The maximum Gasteiger partial charge on any atom is 0.356 e. The van der Waals surface area contributed by atoms with Gasteiger partial charge in [0.2, 0.25) is 18.3 Å². The Hall–Kier alpha value is -2.39. The second kappa shape index (κ2) is 9.46. The summed E-state index contributed by atoms with van der Waals surface area (Å²) in [7, 11) is -5.72. The molecule has 0 amide bonds. The number of rotatable bonds is 7. The number of carbonyl (C=O) groups excluding carboxylic acids is 1. The lowest BCUT2D eigenvalue weighted by atomic mass is 10.2. The van der Waals surface area contributed by atoms with E-state index in [9.17, 15) is 13.2 Å². The molecule has 0 bridgehead atoms. The zero-order valence-corrected chi connectivity index (χ0v) is 22.0. The zero-order chi connectivity index (χ0) is 24.4. The van der Waals surface area contributed by atoms with Gasteiger partial charge in [-0.05, 0) is 22.3 Å². The van der Waals surface area contributed by atoms with Gasteiger partial charge in [0.25, 0.3) is 0 Å². The van der Waals surface area contributed by atoms with Crippen molar-refractivity contribution in [1.82, 2.24) is 8.95 Å². The van der Waals surface area contributed by atoms with Gasteiger partial charge in [0.05, 0.1) is 11.6 Å². The van der Waals surface area contributed by atoms with Crippen LogP contribution in [-0.4, -0.2) is 33.8 Å². The standard InChI is InChI=1S/C24H29ClN2O4SSi/c1-6-31-23(28)22-21(25)20(17-27(22)5)32(29,30)26-33(24(2,3)4,18-13-9-7-10-14-18)19-15-11-8-12-16-19/h7-17,26H,6H2,1-5H3. The van der Waals surface area contributed by atoms with E-state index in [0.29, 0.717) is 0 Å². The zero-order valence-electron chi connectivity index (χ0n) is 19.4. The van der Waals surface area contributed by atoms with Crippen LogP contribution in [0.2, 0.25) is 10.1 Å². The van der Waals surface area contributed by atoms with Gasteiger partial charge in [-0.1, -0.05) is 93.0 Å². The number of aromatic nitrogens is 1. The number of benzene rings is 2. The topological polar surface area (TPSA) is 77.4 Å². The van der Waals surface area contributed by atoms with Gasteiger partial charge in [-0.3, -0.25) is 0 Å². The van der Waals surface area contributed by atoms with Gasteiger partial charge in [0, 0.05) is 13.2 Å². The van der Waals surface area contributed by atoms with Crippen molar-refractivity contribution in [3.8, 4) is 0 Å². The minimum Gasteiger partial charge on any atom is -0.461 e. The second-order valence-corrected chi connectivity index (χ2v) is 15.6. The van der Waals surface area contributed by atoms with Gasteiger partial charge in [0.15, 0.2) is 0 Å². The lowest BCUT2D eigenvalue weighted by Gasteiger charge is -2.43. The largest absolute Gasteiger partial charge is 0.461 e. The first-order chi connectivity index (χ1) is 15.5. The average Bonchev–Trinajstić information content (AvgIpc) is 3.07. The Morgan fingerprint density at radius 3 is 1.94 bits per heavy atom. The average molecular weight is 505 g/mol. The maximum absolute atomic E-state index is 13.9. The molecular formula is C24H29ClN2O4SSi. The molecule has 1 aromatic heterocycles. The SMILES string of the molecule is CCOC(=O)c1c(Cl)c(S(=O)(=O)N[Si](c2ccccc2)(c2ccccc2)C(C)(C)C)cn1C. The molecule has 0 saturated carbocycles. The van der Waals surface area contributed by atoms with Gasteiger partial charge < -0.3 is 9.30 Å². The van der Waals surface area contributed by atoms with Crippen LogP contribution in [-0.2, 0) is 21.8 Å². The summed E-state index contributed by atoms with van der Waals surface area (Å²) >= 11 is 6.45. The van der Waals surface area contributed by atoms with E-state index in [0.717, 1.165) is 10.4 Å². The predicted molar refractivity (Wildman–Crippen MR) is 134 cm³/mol. The maximum atomic E-state index is 13.9. The molecule has 0 saturated heterocycles. The molecule has 176 valence electrons. The molecule has 9 heteroatoms. The number of sulfonamides is 1. The van der Waals surface area contributed by atoms with Crippen LogP contribution in [0.3, 0.4) is 0 Å². The van der Waals surface area contributed by atoms with Crippen LogP contribution in [0.4, 0.5) is 0 Å². The van der Waals surface area contributed by atoms with Crippen LogP contribution in [0.15, 0.2) is 71.8 Å². The minimum absolute atomic E-state index is 0.00124. The van der Waals surface area contributed by atoms with Gasteiger partial charge in [-0.15, -0.1) is 0 Å². The number of halogens is 1. The molecule has 1 N–H and O–H groups in total. The highest BCUT2D eigenvalue weighted by atomic mass is 35.5. The summed E-state index contributed by atoms with van der Waals surface area (Å²) in [5, 5.41) is 1.24. The van der Waals surface area contributed by atoms with Crippen LogP contribution < -0.4 is 14.8 Å². The van der Waals surface area contributed by atoms with E-state index in [1.165, 1.54) is 10.8 Å². The van der Waals surface area contributed by atoms with Crippen LogP contribution in [0.25, 0.3) is 0 Å². The number of nitrogens with one attached hydrogen (secondary N) is 1. The molecule has 6 nitrogen and oxygen atoms in total. The van der Waals surface area contributed by atoms with Crippen molar-refractivity contribution in [2.75, 3.05) is 6.61 Å². The fraction of sp³-hybridized carbons (Fsp3) is 0.292. The van der Waals surface area contributed by atoms with Crippen LogP contribution in [0, 0.1) is 0 Å². The number of aryl methyl sites for hydroxylation is 1. The van der Waals surface area contributed by atoms with Gasteiger partial charge in [-0.2, -0.15) is 0 Å². The molecule has 0 radical (unpaired) electrons. The van der Waals surface area contributed by atoms with Crippen LogP contribution in [0.5, 0.6) is 0 Å². The number of hydrogen-bond acceptors (Lipinski definition) is 4. The third kappa shape index (κ3) is 4.66. The van der Waals surface area contributed by atoms with Crippen molar-refractivity contribution in [1.29, 1.82) is 0 Å². The highest BCUT2D eigenvalue weighted by molar-refractivity contribution is 7.91. The normalized spacial score (nSPS) is 12.5. The van der Waals surface area contributed by atoms with Crippen molar-refractivity contribution in [3.63, 3.8) is 0 Å². The summed E-state index contributed by atoms with van der Waals surface area (Å²) in [5.41, 5.74) is 0.00124. The monoisotopic (exact) mass is 504 g/mol. The Kier molecular flexibility index (Phi) is 7.23. The Morgan fingerprint density at radius 2 is 1.52 bits per heavy atom. The molecule has 0 atom stereocenters. The molecule has 3 rings (SSSR count). The summed E-state index contributed by atoms with van der Waals surface area (Å²) in [6.45, 7) is 7.95. The first kappa shape index (κ1) is 25.2. The summed E-state index contributed by atoms with van der Waals surface area (Å²) in [5.74, 6) is -0.670. The second-order valence-electron chi connectivity index (χ2n) is 8.82. The fourth-order valence-corrected chi connectivity index (χ4v) is 13.0. The third-order valence-corrected chi connectivity index (χ3v) is 14.0. The van der Waals surface area contributed by atoms with E-state index < -0.39 is 29.3 Å². The highest BCUT2D eigenvalue weighted by Gasteiger charge is 2.51. The van der Waals surface area contributed by atoms with E-state index in [1.54, 1.807) is 14.0 Å². The summed E-state index contributed by atoms with van der Waals surface area (Å²) in [6, 6.07) is 19.3. The van der Waals surface area contributed by atoms with Crippen molar-refractivity contribution in [2.24, 2.45) is 7.05 Å². The van der Waals surface area contributed by atoms with Gasteiger partial charge in [0.1, 0.15) is 10.6 Å². The van der Waals surface area contributed by atoms with Crippen LogP contribution >= 0.6 is 11.6 Å². The molecule has 33 heavy (non-hydrogen) atoms. The Balaban J connectivity index is 2.25. The Morgan fingerprint density at radius 1 is 1.03 bits per heavy atom. The molecule has 0 aliphatic rings. The summed E-state index contributed by atoms with van der Waals surface area (Å²) in [6.07, 6.45) is 1.36. The third-order valence-electron chi connectivity index (χ3n) is 5.67. The Bertz CT molecular complexity index is 1200. The molecule has 0 fully saturated rings. The molecule has 0 spiro atoms. The summed E-state index contributed by atoms with van der Waals surface area (Å²) < 4.78 is 37.3. The molecule has 0 aliphatic carbocycles. The van der Waals surface area contributed by atoms with Crippen molar-refractivity contribution in [2.45, 2.75) is 37.6 Å². The van der Waals surface area contributed by atoms with E-state index in [-0.39, 0.29) is 22.2 Å². The van der Waals surface area contributed by atoms with Gasteiger partial charge >= 0.3 is 5.97 Å². The summed E-state index contributed by atoms with van der Waals surface area (Å²) in [4.78, 5) is 12.2. The number of carbonyl (C=O) groups is 1.